The Kier molecular flexibility index (Phi) is 5.80. The Morgan fingerprint density at radius 2 is 2.11 bits per heavy atom. The highest BCUT2D eigenvalue weighted by Gasteiger charge is 2.21. The van der Waals surface area contributed by atoms with Gasteiger partial charge in [-0.2, -0.15) is 11.8 Å². The zero-order valence-electron chi connectivity index (χ0n) is 11.1. The Morgan fingerprint density at radius 1 is 1.39 bits per heavy atom. The van der Waals surface area contributed by atoms with Crippen molar-refractivity contribution < 1.29 is 0 Å². The van der Waals surface area contributed by atoms with Crippen molar-refractivity contribution in [3.63, 3.8) is 0 Å². The molecule has 18 heavy (non-hydrogen) atoms. The van der Waals surface area contributed by atoms with Crippen LogP contribution in [0.2, 0.25) is 0 Å². The molecule has 102 valence electrons. The second kappa shape index (κ2) is 7.13. The van der Waals surface area contributed by atoms with E-state index in [1.165, 1.54) is 31.1 Å². The molecule has 0 spiro atoms. The van der Waals surface area contributed by atoms with Gasteiger partial charge in [0.2, 0.25) is 0 Å². The lowest BCUT2D eigenvalue weighted by atomic mass is 10.2. The van der Waals surface area contributed by atoms with E-state index in [4.69, 9.17) is 11.6 Å². The molecule has 0 N–H and O–H groups in total. The number of hydrogen-bond acceptors (Lipinski definition) is 4. The van der Waals surface area contributed by atoms with Crippen LogP contribution in [-0.2, 0) is 12.3 Å². The summed E-state index contributed by atoms with van der Waals surface area (Å²) in [4.78, 5) is 7.10. The van der Waals surface area contributed by atoms with Crippen LogP contribution in [0.15, 0.2) is 5.38 Å². The highest BCUT2D eigenvalue weighted by atomic mass is 35.5. The standard InChI is InChI=1S/C13H21ClN2S2/c1-10-7-16(8-11(2)18-10)5-3-4-13-15-12(6-14)9-17-13/h9-11H,3-8H2,1-2H3. The fourth-order valence-electron chi connectivity index (χ4n) is 2.45. The molecule has 1 aliphatic rings. The number of halogens is 1. The summed E-state index contributed by atoms with van der Waals surface area (Å²) in [5.74, 6) is 0.537. The zero-order valence-corrected chi connectivity index (χ0v) is 13.5. The SMILES string of the molecule is CC1CN(CCCc2nc(CCl)cs2)CC(C)S1. The summed E-state index contributed by atoms with van der Waals surface area (Å²) in [7, 11) is 0. The third kappa shape index (κ3) is 4.41. The van der Waals surface area contributed by atoms with Crippen LogP contribution in [0.25, 0.3) is 0 Å². The minimum Gasteiger partial charge on any atom is -0.301 e. The van der Waals surface area contributed by atoms with Crippen LogP contribution in [0, 0.1) is 0 Å². The summed E-state index contributed by atoms with van der Waals surface area (Å²) < 4.78 is 0. The van der Waals surface area contributed by atoms with Crippen molar-refractivity contribution in [1.82, 2.24) is 9.88 Å². The van der Waals surface area contributed by atoms with Gasteiger partial charge in [-0.1, -0.05) is 13.8 Å². The van der Waals surface area contributed by atoms with E-state index >= 15 is 0 Å². The van der Waals surface area contributed by atoms with Gasteiger partial charge in [-0.3, -0.25) is 0 Å². The van der Waals surface area contributed by atoms with Crippen LogP contribution >= 0.6 is 34.7 Å². The molecule has 2 unspecified atom stereocenters. The Labute approximate surface area is 123 Å². The largest absolute Gasteiger partial charge is 0.301 e. The van der Waals surface area contributed by atoms with Gasteiger partial charge in [-0.15, -0.1) is 22.9 Å². The normalized spacial score (nSPS) is 25.5. The fourth-order valence-corrected chi connectivity index (χ4v) is 4.90. The van der Waals surface area contributed by atoms with Gasteiger partial charge in [-0.25, -0.2) is 4.98 Å². The molecule has 5 heteroatoms. The molecule has 0 aromatic carbocycles. The Balaban J connectivity index is 1.71. The molecule has 1 aromatic rings. The summed E-state index contributed by atoms with van der Waals surface area (Å²) in [6, 6.07) is 0. The van der Waals surface area contributed by atoms with E-state index in [1.807, 2.05) is 0 Å². The summed E-state index contributed by atoms with van der Waals surface area (Å²) in [5.41, 5.74) is 1.02. The summed E-state index contributed by atoms with van der Waals surface area (Å²) in [6.45, 7) is 8.34. The molecule has 0 amide bonds. The number of thiazole rings is 1. The third-order valence-electron chi connectivity index (χ3n) is 3.10. The maximum absolute atomic E-state index is 5.76. The number of rotatable bonds is 5. The van der Waals surface area contributed by atoms with E-state index in [9.17, 15) is 0 Å². The van der Waals surface area contributed by atoms with E-state index < -0.39 is 0 Å². The molecule has 0 radical (unpaired) electrons. The average molecular weight is 305 g/mol. The highest BCUT2D eigenvalue weighted by Crippen LogP contribution is 2.24. The van der Waals surface area contributed by atoms with Crippen LogP contribution in [0.1, 0.15) is 31.0 Å². The van der Waals surface area contributed by atoms with Crippen molar-refractivity contribution in [2.45, 2.75) is 43.1 Å². The van der Waals surface area contributed by atoms with Gasteiger partial charge < -0.3 is 4.90 Å². The van der Waals surface area contributed by atoms with E-state index in [1.54, 1.807) is 11.3 Å². The molecule has 1 aromatic heterocycles. The van der Waals surface area contributed by atoms with Crippen molar-refractivity contribution in [2.75, 3.05) is 19.6 Å². The van der Waals surface area contributed by atoms with Crippen molar-refractivity contribution in [1.29, 1.82) is 0 Å². The minimum atomic E-state index is 0.537. The van der Waals surface area contributed by atoms with Crippen molar-refractivity contribution >= 4 is 34.7 Å². The summed E-state index contributed by atoms with van der Waals surface area (Å²) >= 11 is 9.62. The number of hydrogen-bond donors (Lipinski definition) is 0. The molecule has 1 fully saturated rings. The molecule has 0 bridgehead atoms. The van der Waals surface area contributed by atoms with Crippen molar-refractivity contribution in [3.05, 3.63) is 16.1 Å². The van der Waals surface area contributed by atoms with Crippen LogP contribution in [0.5, 0.6) is 0 Å². The Hall–Kier alpha value is 0.230. The number of nitrogens with zero attached hydrogens (tertiary/aromatic N) is 2. The molecule has 2 rings (SSSR count). The molecule has 1 saturated heterocycles. The molecule has 0 saturated carbocycles. The van der Waals surface area contributed by atoms with Gasteiger partial charge in [0.1, 0.15) is 0 Å². The lowest BCUT2D eigenvalue weighted by Gasteiger charge is -2.34. The van der Waals surface area contributed by atoms with Crippen LogP contribution in [0.4, 0.5) is 0 Å². The summed E-state index contributed by atoms with van der Waals surface area (Å²) in [6.07, 6.45) is 2.30. The van der Waals surface area contributed by atoms with Crippen molar-refractivity contribution in [3.8, 4) is 0 Å². The summed E-state index contributed by atoms with van der Waals surface area (Å²) in [5, 5.41) is 4.86. The third-order valence-corrected chi connectivity index (χ3v) is 5.56. The maximum Gasteiger partial charge on any atom is 0.0929 e. The second-order valence-corrected chi connectivity index (χ2v) is 8.08. The topological polar surface area (TPSA) is 16.1 Å². The molecule has 2 atom stereocenters. The van der Waals surface area contributed by atoms with E-state index in [0.717, 1.165) is 22.6 Å². The number of aryl methyl sites for hydroxylation is 1. The Morgan fingerprint density at radius 3 is 2.72 bits per heavy atom. The Bertz CT molecular complexity index is 360. The monoisotopic (exact) mass is 304 g/mol. The predicted molar refractivity (Wildman–Crippen MR) is 82.9 cm³/mol. The van der Waals surface area contributed by atoms with Gasteiger partial charge in [0.25, 0.3) is 0 Å². The minimum absolute atomic E-state index is 0.537. The molecular weight excluding hydrogens is 284 g/mol. The van der Waals surface area contributed by atoms with Crippen molar-refractivity contribution in [2.24, 2.45) is 0 Å². The lowest BCUT2D eigenvalue weighted by molar-refractivity contribution is 0.268. The van der Waals surface area contributed by atoms with Gasteiger partial charge in [-0.05, 0) is 13.0 Å². The van der Waals surface area contributed by atoms with Gasteiger partial charge in [0.05, 0.1) is 16.6 Å². The average Bonchev–Trinajstić information content (AvgIpc) is 2.76. The molecule has 2 nitrogen and oxygen atoms in total. The van der Waals surface area contributed by atoms with E-state index in [0.29, 0.717) is 5.88 Å². The lowest BCUT2D eigenvalue weighted by Crippen LogP contribution is -2.40. The van der Waals surface area contributed by atoms with Gasteiger partial charge >= 0.3 is 0 Å². The van der Waals surface area contributed by atoms with E-state index in [2.05, 4.69) is 40.9 Å². The van der Waals surface area contributed by atoms with Gasteiger partial charge in [0, 0.05) is 35.4 Å². The van der Waals surface area contributed by atoms with E-state index in [-0.39, 0.29) is 0 Å². The first-order valence-corrected chi connectivity index (χ1v) is 8.90. The predicted octanol–water partition coefficient (Wildman–Crippen LogP) is 3.64. The number of alkyl halides is 1. The number of thioether (sulfide) groups is 1. The number of aromatic nitrogens is 1. The first-order valence-electron chi connectivity index (χ1n) is 6.54. The first-order chi connectivity index (χ1) is 8.67. The first kappa shape index (κ1) is 14.6. The second-order valence-electron chi connectivity index (χ2n) is 4.99. The smallest absolute Gasteiger partial charge is 0.0929 e. The molecule has 2 heterocycles. The fraction of sp³-hybridized carbons (Fsp3) is 0.769. The van der Waals surface area contributed by atoms with Gasteiger partial charge in [0.15, 0.2) is 0 Å². The maximum atomic E-state index is 5.76. The van der Waals surface area contributed by atoms with Crippen LogP contribution in [0.3, 0.4) is 0 Å². The van der Waals surface area contributed by atoms with Crippen LogP contribution in [-0.4, -0.2) is 40.0 Å². The molecule has 0 aliphatic carbocycles. The van der Waals surface area contributed by atoms with Crippen LogP contribution < -0.4 is 0 Å². The molecule has 1 aliphatic heterocycles. The quantitative estimate of drug-likeness (QED) is 0.773. The molecular formula is C13H21ClN2S2. The zero-order chi connectivity index (χ0) is 13.0. The highest BCUT2D eigenvalue weighted by molar-refractivity contribution is 8.00.